The fourth-order valence-electron chi connectivity index (χ4n) is 3.21. The predicted octanol–water partition coefficient (Wildman–Crippen LogP) is 4.21. The van der Waals surface area contributed by atoms with Crippen molar-refractivity contribution in [1.29, 1.82) is 0 Å². The number of fused-ring (bicyclic) bond motifs is 1. The molecule has 0 aliphatic carbocycles. The van der Waals surface area contributed by atoms with Crippen molar-refractivity contribution in [3.05, 3.63) is 61.6 Å². The van der Waals surface area contributed by atoms with E-state index in [1.54, 1.807) is 12.4 Å². The molecule has 0 fully saturated rings. The Morgan fingerprint density at radius 1 is 1.00 bits per heavy atom. The van der Waals surface area contributed by atoms with Crippen LogP contribution in [0.5, 0.6) is 0 Å². The fraction of sp³-hybridized carbons (Fsp3) is 0.273. The molecule has 4 aromatic rings. The minimum Gasteiger partial charge on any atom is -0.370 e. The molecule has 0 aromatic carbocycles. The molecular formula is C22H25N7. The Bertz CT molecular complexity index is 1060. The molecule has 0 saturated heterocycles. The molecule has 7 heteroatoms. The van der Waals surface area contributed by atoms with Crippen molar-refractivity contribution >= 4 is 22.4 Å². The number of rotatable bonds is 9. The maximum atomic E-state index is 4.91. The zero-order valence-electron chi connectivity index (χ0n) is 16.5. The van der Waals surface area contributed by atoms with Gasteiger partial charge in [0.2, 0.25) is 0 Å². The van der Waals surface area contributed by atoms with E-state index in [2.05, 4.69) is 43.1 Å². The molecule has 0 aliphatic heterocycles. The van der Waals surface area contributed by atoms with E-state index in [0.29, 0.717) is 0 Å². The Balaban J connectivity index is 1.57. The van der Waals surface area contributed by atoms with Crippen LogP contribution in [-0.4, -0.2) is 37.6 Å². The van der Waals surface area contributed by atoms with Crippen molar-refractivity contribution < 1.29 is 0 Å². The number of hydrogen-bond donors (Lipinski definition) is 2. The smallest absolute Gasteiger partial charge is 0.134 e. The molecule has 0 amide bonds. The largest absolute Gasteiger partial charge is 0.370 e. The third-order valence-corrected chi connectivity index (χ3v) is 4.69. The van der Waals surface area contributed by atoms with Crippen LogP contribution in [0.2, 0.25) is 0 Å². The number of nitrogens with one attached hydrogen (secondary N) is 2. The summed E-state index contributed by atoms with van der Waals surface area (Å²) in [4.78, 5) is 17.7. The number of aromatic nitrogens is 5. The van der Waals surface area contributed by atoms with Gasteiger partial charge < -0.3 is 15.2 Å². The van der Waals surface area contributed by atoms with Crippen LogP contribution in [0.4, 0.5) is 11.6 Å². The first kappa shape index (κ1) is 18.9. The van der Waals surface area contributed by atoms with Gasteiger partial charge in [0.1, 0.15) is 11.6 Å². The van der Waals surface area contributed by atoms with Gasteiger partial charge in [-0.2, -0.15) is 0 Å². The molecule has 0 atom stereocenters. The highest BCUT2D eigenvalue weighted by Crippen LogP contribution is 2.28. The Morgan fingerprint density at radius 2 is 1.97 bits per heavy atom. The average molecular weight is 387 g/mol. The minimum absolute atomic E-state index is 0.825. The van der Waals surface area contributed by atoms with Crippen molar-refractivity contribution in [2.24, 2.45) is 0 Å². The zero-order chi connectivity index (χ0) is 19.9. The summed E-state index contributed by atoms with van der Waals surface area (Å²) in [7, 11) is 0. The first-order chi connectivity index (χ1) is 14.3. The Kier molecular flexibility index (Phi) is 5.95. The van der Waals surface area contributed by atoms with E-state index in [9.17, 15) is 0 Å². The van der Waals surface area contributed by atoms with Crippen molar-refractivity contribution in [2.75, 3.05) is 23.7 Å². The van der Waals surface area contributed by atoms with Gasteiger partial charge >= 0.3 is 0 Å². The molecule has 0 aliphatic rings. The molecular weight excluding hydrogens is 362 g/mol. The van der Waals surface area contributed by atoms with Crippen LogP contribution in [0.3, 0.4) is 0 Å². The number of hydrogen-bond acceptors (Lipinski definition) is 6. The highest BCUT2D eigenvalue weighted by molar-refractivity contribution is 5.94. The fourth-order valence-corrected chi connectivity index (χ4v) is 3.21. The molecule has 4 aromatic heterocycles. The summed E-state index contributed by atoms with van der Waals surface area (Å²) in [5.41, 5.74) is 1.94. The van der Waals surface area contributed by atoms with Gasteiger partial charge in [-0.3, -0.25) is 4.98 Å². The maximum Gasteiger partial charge on any atom is 0.134 e. The topological polar surface area (TPSA) is 80.5 Å². The second-order valence-corrected chi connectivity index (χ2v) is 6.89. The molecule has 4 rings (SSSR count). The second kappa shape index (κ2) is 9.14. The van der Waals surface area contributed by atoms with Crippen molar-refractivity contribution in [3.8, 4) is 11.3 Å². The van der Waals surface area contributed by atoms with E-state index >= 15 is 0 Å². The summed E-state index contributed by atoms with van der Waals surface area (Å²) >= 11 is 0. The van der Waals surface area contributed by atoms with E-state index < -0.39 is 0 Å². The van der Waals surface area contributed by atoms with Crippen molar-refractivity contribution in [3.63, 3.8) is 0 Å². The zero-order valence-corrected chi connectivity index (χ0v) is 16.5. The third-order valence-electron chi connectivity index (χ3n) is 4.69. The quantitative estimate of drug-likeness (QED) is 0.419. The number of pyridine rings is 3. The number of imidazole rings is 1. The van der Waals surface area contributed by atoms with Gasteiger partial charge in [0, 0.05) is 67.0 Å². The van der Waals surface area contributed by atoms with Crippen LogP contribution in [-0.2, 0) is 6.54 Å². The molecule has 0 unspecified atom stereocenters. The second-order valence-electron chi connectivity index (χ2n) is 6.89. The van der Waals surface area contributed by atoms with Crippen LogP contribution in [0.25, 0.3) is 22.0 Å². The molecule has 29 heavy (non-hydrogen) atoms. The summed E-state index contributed by atoms with van der Waals surface area (Å²) < 4.78 is 2.08. The Morgan fingerprint density at radius 3 is 2.83 bits per heavy atom. The lowest BCUT2D eigenvalue weighted by Crippen LogP contribution is -2.08. The minimum atomic E-state index is 0.825. The van der Waals surface area contributed by atoms with Gasteiger partial charge in [0.25, 0.3) is 0 Å². The molecule has 4 heterocycles. The summed E-state index contributed by atoms with van der Waals surface area (Å²) in [6, 6.07) is 8.12. The average Bonchev–Trinajstić information content (AvgIpc) is 3.29. The van der Waals surface area contributed by atoms with Gasteiger partial charge in [-0.15, -0.1) is 0 Å². The predicted molar refractivity (Wildman–Crippen MR) is 117 cm³/mol. The van der Waals surface area contributed by atoms with Crippen molar-refractivity contribution in [2.45, 2.75) is 26.3 Å². The first-order valence-electron chi connectivity index (χ1n) is 9.98. The standard InChI is InChI=1S/C22H25N7/c1-2-6-25-21-14-17(4-9-26-21)20-13-18-15-23-8-5-19(18)22(28-20)27-7-3-11-29-12-10-24-16-29/h4-5,8-10,12-16H,2-3,6-7,11H2,1H3,(H,25,26)(H,27,28). The number of nitrogens with zero attached hydrogens (tertiary/aromatic N) is 5. The van der Waals surface area contributed by atoms with E-state index in [4.69, 9.17) is 4.98 Å². The maximum absolute atomic E-state index is 4.91. The molecule has 148 valence electrons. The number of aryl methyl sites for hydroxylation is 1. The van der Waals surface area contributed by atoms with Gasteiger partial charge in [0.15, 0.2) is 0 Å². The van der Waals surface area contributed by atoms with E-state index in [1.807, 2.05) is 43.1 Å². The van der Waals surface area contributed by atoms with Gasteiger partial charge in [-0.25, -0.2) is 15.0 Å². The Labute approximate surface area is 170 Å². The lowest BCUT2D eigenvalue weighted by Gasteiger charge is -2.12. The lowest BCUT2D eigenvalue weighted by atomic mass is 10.1. The summed E-state index contributed by atoms with van der Waals surface area (Å²) in [5.74, 6) is 1.75. The SMILES string of the molecule is CCCNc1cc(-c2cc3cnccc3c(NCCCn3ccnc3)n2)ccn1. The monoisotopic (exact) mass is 387 g/mol. The van der Waals surface area contributed by atoms with Crippen LogP contribution in [0, 0.1) is 0 Å². The van der Waals surface area contributed by atoms with Crippen LogP contribution in [0.1, 0.15) is 19.8 Å². The normalized spacial score (nSPS) is 10.9. The van der Waals surface area contributed by atoms with Crippen molar-refractivity contribution in [1.82, 2.24) is 24.5 Å². The van der Waals surface area contributed by atoms with E-state index in [0.717, 1.165) is 66.1 Å². The highest BCUT2D eigenvalue weighted by Gasteiger charge is 2.09. The Hall–Kier alpha value is -3.48. The lowest BCUT2D eigenvalue weighted by molar-refractivity contribution is 0.660. The van der Waals surface area contributed by atoms with Crippen LogP contribution in [0.15, 0.2) is 61.6 Å². The molecule has 0 radical (unpaired) electrons. The van der Waals surface area contributed by atoms with Gasteiger partial charge in [0.05, 0.1) is 12.0 Å². The van der Waals surface area contributed by atoms with E-state index in [1.165, 1.54) is 0 Å². The van der Waals surface area contributed by atoms with E-state index in [-0.39, 0.29) is 0 Å². The van der Waals surface area contributed by atoms with Gasteiger partial charge in [-0.1, -0.05) is 6.92 Å². The molecule has 0 bridgehead atoms. The summed E-state index contributed by atoms with van der Waals surface area (Å²) in [5, 5.41) is 8.98. The molecule has 0 spiro atoms. The van der Waals surface area contributed by atoms with Crippen LogP contribution < -0.4 is 10.6 Å². The van der Waals surface area contributed by atoms with Crippen LogP contribution >= 0.6 is 0 Å². The molecule has 0 saturated carbocycles. The highest BCUT2D eigenvalue weighted by atomic mass is 15.0. The first-order valence-corrected chi connectivity index (χ1v) is 9.98. The third kappa shape index (κ3) is 4.68. The number of anilines is 2. The molecule has 2 N–H and O–H groups in total. The molecule has 7 nitrogen and oxygen atoms in total. The van der Waals surface area contributed by atoms with Gasteiger partial charge in [-0.05, 0) is 37.1 Å². The summed E-state index contributed by atoms with van der Waals surface area (Å²) in [6.45, 7) is 4.78. The summed E-state index contributed by atoms with van der Waals surface area (Å²) in [6.07, 6.45) is 13.2.